The molecule has 1 aliphatic heterocycles. The predicted octanol–water partition coefficient (Wildman–Crippen LogP) is 5.25. The van der Waals surface area contributed by atoms with Gasteiger partial charge in [-0.1, -0.05) is 30.6 Å². The van der Waals surface area contributed by atoms with Crippen LogP contribution in [0.1, 0.15) is 51.0 Å². The summed E-state index contributed by atoms with van der Waals surface area (Å²) in [4.78, 5) is 11.0. The Hall–Kier alpha value is -3.07. The molecule has 1 unspecified atom stereocenters. The number of halogens is 1. The van der Waals surface area contributed by atoms with Crippen LogP contribution in [0.2, 0.25) is 0 Å². The smallest absolute Gasteiger partial charge is 0.303 e. The van der Waals surface area contributed by atoms with Crippen molar-refractivity contribution in [1.29, 1.82) is 0 Å². The monoisotopic (exact) mass is 503 g/mol. The lowest BCUT2D eigenvalue weighted by atomic mass is 9.96. The van der Waals surface area contributed by atoms with Crippen molar-refractivity contribution in [3.8, 4) is 11.5 Å². The van der Waals surface area contributed by atoms with Gasteiger partial charge in [0, 0.05) is 12.5 Å². The number of rotatable bonds is 8. The molecule has 0 bridgehead atoms. The van der Waals surface area contributed by atoms with Gasteiger partial charge in [-0.25, -0.2) is 12.8 Å². The standard InChI is InChI=1S/C26H30FNO6S/c1-17(19-5-3-4-6-19)13-18-7-11-24-23(14-18)28(16-20(34-24)8-12-26(29)30)35(31,32)21-9-10-22(27)25(15-21)33-2/h7,9-11,13-15,19-20H,3-6,8,12,16H2,1-2H3,(H,29,30). The molecule has 1 heterocycles. The number of nitrogens with zero attached hydrogens (tertiary/aromatic N) is 1. The van der Waals surface area contributed by atoms with Crippen LogP contribution in [0.3, 0.4) is 0 Å². The van der Waals surface area contributed by atoms with E-state index in [0.29, 0.717) is 17.4 Å². The molecule has 0 amide bonds. The molecule has 2 aliphatic rings. The lowest BCUT2D eigenvalue weighted by Gasteiger charge is -2.35. The maximum absolute atomic E-state index is 14.0. The van der Waals surface area contributed by atoms with Gasteiger partial charge in [-0.2, -0.15) is 0 Å². The Morgan fingerprint density at radius 3 is 2.66 bits per heavy atom. The maximum atomic E-state index is 14.0. The molecule has 1 aliphatic carbocycles. The molecule has 9 heteroatoms. The molecule has 4 rings (SSSR count). The summed E-state index contributed by atoms with van der Waals surface area (Å²) in [5.41, 5.74) is 2.49. The van der Waals surface area contributed by atoms with Crippen molar-refractivity contribution in [2.24, 2.45) is 5.92 Å². The topological polar surface area (TPSA) is 93.1 Å². The van der Waals surface area contributed by atoms with Crippen molar-refractivity contribution < 1.29 is 32.2 Å². The number of benzene rings is 2. The van der Waals surface area contributed by atoms with E-state index in [1.165, 1.54) is 35.9 Å². The zero-order chi connectivity index (χ0) is 25.2. The summed E-state index contributed by atoms with van der Waals surface area (Å²) in [6, 6.07) is 8.79. The summed E-state index contributed by atoms with van der Waals surface area (Å²) in [6.07, 6.45) is 6.20. The number of fused-ring (bicyclic) bond motifs is 1. The lowest BCUT2D eigenvalue weighted by molar-refractivity contribution is -0.137. The van der Waals surface area contributed by atoms with E-state index in [9.17, 15) is 17.6 Å². The SMILES string of the molecule is COc1cc(S(=O)(=O)N2CC(CCC(=O)O)Oc3ccc(C=C(C)C4CCCC4)cc32)ccc1F. The molecule has 0 radical (unpaired) electrons. The first kappa shape index (κ1) is 25.0. The lowest BCUT2D eigenvalue weighted by Crippen LogP contribution is -2.43. The zero-order valence-electron chi connectivity index (χ0n) is 19.9. The average molecular weight is 504 g/mol. The first-order chi connectivity index (χ1) is 16.7. The van der Waals surface area contributed by atoms with E-state index in [-0.39, 0.29) is 30.0 Å². The Balaban J connectivity index is 1.74. The number of methoxy groups -OCH3 is 1. The first-order valence-electron chi connectivity index (χ1n) is 11.8. The molecule has 35 heavy (non-hydrogen) atoms. The van der Waals surface area contributed by atoms with Gasteiger partial charge < -0.3 is 14.6 Å². The van der Waals surface area contributed by atoms with Crippen LogP contribution >= 0.6 is 0 Å². The highest BCUT2D eigenvalue weighted by Crippen LogP contribution is 2.40. The fourth-order valence-corrected chi connectivity index (χ4v) is 6.29. The van der Waals surface area contributed by atoms with Gasteiger partial charge in [0.05, 0.1) is 24.2 Å². The summed E-state index contributed by atoms with van der Waals surface area (Å²) >= 11 is 0. The number of hydrogen-bond donors (Lipinski definition) is 1. The van der Waals surface area contributed by atoms with Crippen LogP contribution in [0.4, 0.5) is 10.1 Å². The highest BCUT2D eigenvalue weighted by atomic mass is 32.2. The number of aliphatic carboxylic acids is 1. The third-order valence-electron chi connectivity index (χ3n) is 6.70. The largest absolute Gasteiger partial charge is 0.494 e. The van der Waals surface area contributed by atoms with Crippen LogP contribution in [0.5, 0.6) is 11.5 Å². The van der Waals surface area contributed by atoms with Crippen LogP contribution in [0.15, 0.2) is 46.9 Å². The molecule has 1 N–H and O–H groups in total. The molecule has 0 spiro atoms. The minimum Gasteiger partial charge on any atom is -0.494 e. The van der Waals surface area contributed by atoms with Crippen molar-refractivity contribution in [1.82, 2.24) is 0 Å². The van der Waals surface area contributed by atoms with E-state index in [1.54, 1.807) is 12.1 Å². The number of carboxylic acid groups (broad SMARTS) is 1. The Morgan fingerprint density at radius 2 is 1.97 bits per heavy atom. The molecular weight excluding hydrogens is 473 g/mol. The fourth-order valence-electron chi connectivity index (χ4n) is 4.77. The van der Waals surface area contributed by atoms with Gasteiger partial charge in [-0.3, -0.25) is 9.10 Å². The van der Waals surface area contributed by atoms with Crippen LogP contribution in [0, 0.1) is 11.7 Å². The van der Waals surface area contributed by atoms with E-state index >= 15 is 0 Å². The number of ether oxygens (including phenoxy) is 2. The van der Waals surface area contributed by atoms with E-state index in [1.807, 2.05) is 6.07 Å². The van der Waals surface area contributed by atoms with Crippen molar-refractivity contribution in [3.05, 3.63) is 53.4 Å². The van der Waals surface area contributed by atoms with Gasteiger partial charge in [-0.15, -0.1) is 0 Å². The predicted molar refractivity (Wildman–Crippen MR) is 131 cm³/mol. The molecule has 0 saturated heterocycles. The quantitative estimate of drug-likeness (QED) is 0.529. The molecular formula is C26H30FNO6S. The van der Waals surface area contributed by atoms with Gasteiger partial charge in [0.1, 0.15) is 11.9 Å². The molecule has 0 aromatic heterocycles. The summed E-state index contributed by atoms with van der Waals surface area (Å²) in [5.74, 6) is -0.928. The normalized spacial score (nSPS) is 18.8. The third-order valence-corrected chi connectivity index (χ3v) is 8.47. The van der Waals surface area contributed by atoms with Crippen molar-refractivity contribution in [2.45, 2.75) is 56.4 Å². The average Bonchev–Trinajstić information content (AvgIpc) is 3.37. The Labute approximate surface area is 205 Å². The number of carbonyl (C=O) groups is 1. The van der Waals surface area contributed by atoms with Gasteiger partial charge in [-0.05, 0) is 61.9 Å². The van der Waals surface area contributed by atoms with Crippen molar-refractivity contribution in [2.75, 3.05) is 18.0 Å². The number of sulfonamides is 1. The second-order valence-electron chi connectivity index (χ2n) is 9.10. The van der Waals surface area contributed by atoms with E-state index in [2.05, 4.69) is 13.0 Å². The Bertz CT molecular complexity index is 1240. The molecule has 2 aromatic rings. The molecule has 7 nitrogen and oxygen atoms in total. The maximum Gasteiger partial charge on any atom is 0.303 e. The minimum atomic E-state index is -4.12. The molecule has 1 saturated carbocycles. The molecule has 1 atom stereocenters. The second-order valence-corrected chi connectivity index (χ2v) is 11.0. The zero-order valence-corrected chi connectivity index (χ0v) is 20.7. The van der Waals surface area contributed by atoms with E-state index in [4.69, 9.17) is 14.6 Å². The van der Waals surface area contributed by atoms with Crippen LogP contribution in [0.25, 0.3) is 6.08 Å². The highest BCUT2D eigenvalue weighted by Gasteiger charge is 2.35. The summed E-state index contributed by atoms with van der Waals surface area (Å²) in [5, 5.41) is 9.09. The van der Waals surface area contributed by atoms with E-state index < -0.39 is 27.9 Å². The molecule has 1 fully saturated rings. The summed E-state index contributed by atoms with van der Waals surface area (Å²) in [7, 11) is -2.85. The van der Waals surface area contributed by atoms with Gasteiger partial charge in [0.25, 0.3) is 10.0 Å². The van der Waals surface area contributed by atoms with Crippen molar-refractivity contribution in [3.63, 3.8) is 0 Å². The van der Waals surface area contributed by atoms with E-state index in [0.717, 1.165) is 30.5 Å². The van der Waals surface area contributed by atoms with Crippen molar-refractivity contribution >= 4 is 27.8 Å². The van der Waals surface area contributed by atoms with Crippen LogP contribution < -0.4 is 13.8 Å². The van der Waals surface area contributed by atoms with Crippen LogP contribution in [-0.4, -0.2) is 39.3 Å². The summed E-state index contributed by atoms with van der Waals surface area (Å²) < 4.78 is 53.6. The first-order valence-corrected chi connectivity index (χ1v) is 13.2. The van der Waals surface area contributed by atoms with Gasteiger partial charge in [0.2, 0.25) is 0 Å². The number of anilines is 1. The highest BCUT2D eigenvalue weighted by molar-refractivity contribution is 7.92. The summed E-state index contributed by atoms with van der Waals surface area (Å²) in [6.45, 7) is 2.05. The minimum absolute atomic E-state index is 0.0585. The Kier molecular flexibility index (Phi) is 7.35. The molecule has 2 aromatic carbocycles. The second kappa shape index (κ2) is 10.3. The van der Waals surface area contributed by atoms with Gasteiger partial charge in [0.15, 0.2) is 11.6 Å². The number of allylic oxidation sites excluding steroid dienone is 1. The third kappa shape index (κ3) is 5.45. The number of hydrogen-bond acceptors (Lipinski definition) is 5. The van der Waals surface area contributed by atoms with Gasteiger partial charge >= 0.3 is 5.97 Å². The van der Waals surface area contributed by atoms with Crippen LogP contribution in [-0.2, 0) is 14.8 Å². The fraction of sp³-hybridized carbons (Fsp3) is 0.423. The Morgan fingerprint density at radius 1 is 1.23 bits per heavy atom. The molecule has 188 valence electrons. The number of carboxylic acids is 1.